The van der Waals surface area contributed by atoms with E-state index in [-0.39, 0.29) is 16.1 Å². The summed E-state index contributed by atoms with van der Waals surface area (Å²) in [5.74, 6) is -0.0480. The van der Waals surface area contributed by atoms with Crippen molar-refractivity contribution in [1.29, 1.82) is 0 Å². The molecule has 0 spiro atoms. The summed E-state index contributed by atoms with van der Waals surface area (Å²) in [7, 11) is 3.12. The van der Waals surface area contributed by atoms with E-state index in [2.05, 4.69) is 42.9 Å². The van der Waals surface area contributed by atoms with Crippen LogP contribution in [0.2, 0.25) is 0 Å². The molecule has 1 aromatic heterocycles. The highest BCUT2D eigenvalue weighted by Crippen LogP contribution is 2.54. The molecule has 1 N–H and O–H groups in total. The molecule has 1 heterocycles. The van der Waals surface area contributed by atoms with Crippen molar-refractivity contribution in [2.75, 3.05) is 14.2 Å². The van der Waals surface area contributed by atoms with Crippen molar-refractivity contribution in [2.24, 2.45) is 10.8 Å². The SMILES string of the molecule is CCCCC1(/C=C/C(=O)O)C=CCC(C)(C)C1Sc1nc(OC)cc(OC)n1. The molecule has 7 heteroatoms. The summed E-state index contributed by atoms with van der Waals surface area (Å²) >= 11 is 1.56. The molecular weight excluding hydrogens is 376 g/mol. The standard InChI is InChI=1S/C21H30N2O4S/c1-6-7-11-21(13-9-17(24)25)12-8-10-20(2,3)18(21)28-19-22-15(26-4)14-16(23-19)27-5/h8-9,12-14,18H,6-7,10-11H2,1-5H3,(H,24,25)/b13-9+. The number of rotatable bonds is 9. The minimum absolute atomic E-state index is 0.0592. The smallest absolute Gasteiger partial charge is 0.328 e. The quantitative estimate of drug-likeness (QED) is 0.360. The van der Waals surface area contributed by atoms with Crippen LogP contribution in [-0.4, -0.2) is 40.5 Å². The summed E-state index contributed by atoms with van der Waals surface area (Å²) in [6.45, 7) is 6.56. The number of allylic oxidation sites excluding steroid dienone is 3. The van der Waals surface area contributed by atoms with E-state index in [0.29, 0.717) is 16.9 Å². The number of carboxylic acid groups (broad SMARTS) is 1. The summed E-state index contributed by atoms with van der Waals surface area (Å²) in [6.07, 6.45) is 11.3. The van der Waals surface area contributed by atoms with Gasteiger partial charge in [-0.05, 0) is 18.3 Å². The number of hydrogen-bond acceptors (Lipinski definition) is 6. The zero-order valence-electron chi connectivity index (χ0n) is 17.3. The van der Waals surface area contributed by atoms with Crippen LogP contribution in [0.3, 0.4) is 0 Å². The topological polar surface area (TPSA) is 81.5 Å². The Balaban J connectivity index is 2.50. The molecule has 2 unspecified atom stereocenters. The predicted molar refractivity (Wildman–Crippen MR) is 111 cm³/mol. The number of unbranched alkanes of at least 4 members (excludes halogenated alkanes) is 1. The van der Waals surface area contributed by atoms with Gasteiger partial charge in [0, 0.05) is 16.7 Å². The molecule has 0 saturated carbocycles. The molecule has 1 aliphatic rings. The molecule has 0 amide bonds. The maximum atomic E-state index is 11.3. The van der Waals surface area contributed by atoms with Gasteiger partial charge in [-0.25, -0.2) is 4.79 Å². The van der Waals surface area contributed by atoms with E-state index >= 15 is 0 Å². The molecular formula is C21H30N2O4S. The monoisotopic (exact) mass is 406 g/mol. The van der Waals surface area contributed by atoms with E-state index in [4.69, 9.17) is 9.47 Å². The van der Waals surface area contributed by atoms with Crippen LogP contribution in [0.4, 0.5) is 0 Å². The van der Waals surface area contributed by atoms with Crippen molar-refractivity contribution >= 4 is 17.7 Å². The third kappa shape index (κ3) is 5.28. The Morgan fingerprint density at radius 1 is 1.32 bits per heavy atom. The van der Waals surface area contributed by atoms with E-state index in [1.54, 1.807) is 32.0 Å². The number of aromatic nitrogens is 2. The first-order valence-electron chi connectivity index (χ1n) is 9.50. The van der Waals surface area contributed by atoms with Crippen LogP contribution in [0, 0.1) is 10.8 Å². The second-order valence-electron chi connectivity index (χ2n) is 7.72. The highest BCUT2D eigenvalue weighted by atomic mass is 32.2. The van der Waals surface area contributed by atoms with Crippen LogP contribution in [0.25, 0.3) is 0 Å². The van der Waals surface area contributed by atoms with Gasteiger partial charge in [0.25, 0.3) is 0 Å². The Morgan fingerprint density at radius 2 is 1.96 bits per heavy atom. The number of thioether (sulfide) groups is 1. The van der Waals surface area contributed by atoms with Crippen molar-refractivity contribution in [3.8, 4) is 11.8 Å². The Hall–Kier alpha value is -2.02. The average molecular weight is 407 g/mol. The lowest BCUT2D eigenvalue weighted by Gasteiger charge is -2.47. The highest BCUT2D eigenvalue weighted by molar-refractivity contribution is 7.99. The summed E-state index contributed by atoms with van der Waals surface area (Å²) < 4.78 is 10.6. The average Bonchev–Trinajstić information content (AvgIpc) is 2.66. The second kappa shape index (κ2) is 9.45. The number of ether oxygens (including phenoxy) is 2. The molecule has 0 aromatic carbocycles. The lowest BCUT2D eigenvalue weighted by atomic mass is 9.64. The van der Waals surface area contributed by atoms with Gasteiger partial charge in [-0.1, -0.05) is 63.6 Å². The number of aliphatic carboxylic acids is 1. The summed E-state index contributed by atoms with van der Waals surface area (Å²) in [4.78, 5) is 20.2. The van der Waals surface area contributed by atoms with Crippen LogP contribution in [0.1, 0.15) is 46.5 Å². The minimum atomic E-state index is -0.935. The number of carboxylic acids is 1. The van der Waals surface area contributed by atoms with Crippen LogP contribution in [0.15, 0.2) is 35.5 Å². The van der Waals surface area contributed by atoms with Gasteiger partial charge < -0.3 is 14.6 Å². The fraction of sp³-hybridized carbons (Fsp3) is 0.571. The van der Waals surface area contributed by atoms with Crippen molar-refractivity contribution in [1.82, 2.24) is 9.97 Å². The Labute approximate surface area is 171 Å². The molecule has 2 rings (SSSR count). The maximum Gasteiger partial charge on any atom is 0.328 e. The van der Waals surface area contributed by atoms with Crippen LogP contribution in [-0.2, 0) is 4.79 Å². The second-order valence-corrected chi connectivity index (χ2v) is 8.79. The van der Waals surface area contributed by atoms with Gasteiger partial charge in [-0.15, -0.1) is 0 Å². The maximum absolute atomic E-state index is 11.3. The molecule has 1 aliphatic carbocycles. The predicted octanol–water partition coefficient (Wildman–Crippen LogP) is 4.76. The first-order valence-corrected chi connectivity index (χ1v) is 10.4. The Morgan fingerprint density at radius 3 is 2.50 bits per heavy atom. The number of methoxy groups -OCH3 is 2. The van der Waals surface area contributed by atoms with E-state index < -0.39 is 5.97 Å². The third-order valence-corrected chi connectivity index (χ3v) is 6.78. The van der Waals surface area contributed by atoms with Gasteiger partial charge in [-0.3, -0.25) is 0 Å². The molecule has 28 heavy (non-hydrogen) atoms. The van der Waals surface area contributed by atoms with Crippen LogP contribution in [0.5, 0.6) is 11.8 Å². The van der Waals surface area contributed by atoms with Gasteiger partial charge >= 0.3 is 5.97 Å². The molecule has 0 radical (unpaired) electrons. The molecule has 1 aromatic rings. The van der Waals surface area contributed by atoms with Gasteiger partial charge in [0.2, 0.25) is 11.8 Å². The van der Waals surface area contributed by atoms with E-state index in [1.165, 1.54) is 6.08 Å². The number of hydrogen-bond donors (Lipinski definition) is 1. The Bertz CT molecular complexity index is 726. The normalized spacial score (nSPS) is 23.7. The molecule has 0 aliphatic heterocycles. The molecule has 0 saturated heterocycles. The van der Waals surface area contributed by atoms with Crippen molar-refractivity contribution < 1.29 is 19.4 Å². The molecule has 154 valence electrons. The molecule has 0 bridgehead atoms. The summed E-state index contributed by atoms with van der Waals surface area (Å²) in [5, 5.41) is 9.87. The van der Waals surface area contributed by atoms with E-state index in [9.17, 15) is 9.90 Å². The fourth-order valence-corrected chi connectivity index (χ4v) is 5.08. The molecule has 0 fully saturated rings. The minimum Gasteiger partial charge on any atom is -0.481 e. The number of nitrogens with zero attached hydrogens (tertiary/aromatic N) is 2. The highest BCUT2D eigenvalue weighted by Gasteiger charge is 2.46. The van der Waals surface area contributed by atoms with Gasteiger partial charge in [0.05, 0.1) is 20.3 Å². The van der Waals surface area contributed by atoms with Crippen LogP contribution < -0.4 is 9.47 Å². The first-order chi connectivity index (χ1) is 13.3. The zero-order chi connectivity index (χ0) is 20.8. The third-order valence-electron chi connectivity index (χ3n) is 5.07. The lowest BCUT2D eigenvalue weighted by Crippen LogP contribution is -2.43. The lowest BCUT2D eigenvalue weighted by molar-refractivity contribution is -0.131. The van der Waals surface area contributed by atoms with Gasteiger partial charge in [0.1, 0.15) is 0 Å². The zero-order valence-corrected chi connectivity index (χ0v) is 18.1. The van der Waals surface area contributed by atoms with Gasteiger partial charge in [0.15, 0.2) is 5.16 Å². The fourth-order valence-electron chi connectivity index (χ4n) is 3.67. The van der Waals surface area contributed by atoms with Crippen LogP contribution >= 0.6 is 11.8 Å². The summed E-state index contributed by atoms with van der Waals surface area (Å²) in [5.41, 5.74) is -0.462. The first kappa shape index (κ1) is 22.3. The largest absolute Gasteiger partial charge is 0.481 e. The number of carbonyl (C=O) groups is 1. The van der Waals surface area contributed by atoms with E-state index in [1.807, 2.05) is 6.08 Å². The van der Waals surface area contributed by atoms with Crippen molar-refractivity contribution in [3.63, 3.8) is 0 Å². The molecule has 6 nitrogen and oxygen atoms in total. The van der Waals surface area contributed by atoms with Gasteiger partial charge in [-0.2, -0.15) is 9.97 Å². The van der Waals surface area contributed by atoms with Crippen molar-refractivity contribution in [2.45, 2.75) is 56.9 Å². The Kier molecular flexibility index (Phi) is 7.52. The van der Waals surface area contributed by atoms with E-state index in [0.717, 1.165) is 25.7 Å². The molecule has 2 atom stereocenters. The summed E-state index contributed by atoms with van der Waals surface area (Å²) in [6, 6.07) is 1.64. The van der Waals surface area contributed by atoms with Crippen molar-refractivity contribution in [3.05, 3.63) is 30.4 Å².